The van der Waals surface area contributed by atoms with Gasteiger partial charge in [-0.05, 0) is 46.7 Å². The molecule has 3 N–H and O–H groups in total. The van der Waals surface area contributed by atoms with E-state index in [1.807, 2.05) is 18.2 Å². The number of nitrogens with two attached hydrogens (primary N) is 1. The smallest absolute Gasteiger partial charge is 0.139 e. The van der Waals surface area contributed by atoms with Crippen LogP contribution in [0, 0.1) is 3.57 Å². The molecule has 0 bridgehead atoms. The molecule has 1 heterocycles. The third-order valence-corrected chi connectivity index (χ3v) is 3.25. The first kappa shape index (κ1) is 13.1. The van der Waals surface area contributed by atoms with Crippen molar-refractivity contribution in [3.8, 4) is 0 Å². The molecule has 1 aromatic heterocycles. The molecule has 94 valence electrons. The van der Waals surface area contributed by atoms with Crippen LogP contribution in [0.4, 0.5) is 17.3 Å². The summed E-state index contributed by atoms with van der Waals surface area (Å²) in [5.74, 6) is 1.59. The molecule has 0 radical (unpaired) electrons. The summed E-state index contributed by atoms with van der Waals surface area (Å²) in [4.78, 5) is 8.33. The summed E-state index contributed by atoms with van der Waals surface area (Å²) in [5, 5.41) is 3.30. The fraction of sp³-hybridized carbons (Fsp3) is 0.231. The van der Waals surface area contributed by atoms with Crippen molar-refractivity contribution >= 4 is 39.9 Å². The highest BCUT2D eigenvalue weighted by molar-refractivity contribution is 14.1. The van der Waals surface area contributed by atoms with Gasteiger partial charge in [0.25, 0.3) is 0 Å². The van der Waals surface area contributed by atoms with Crippen molar-refractivity contribution in [2.45, 2.75) is 19.8 Å². The summed E-state index contributed by atoms with van der Waals surface area (Å²) < 4.78 is 1.17. The Kier molecular flexibility index (Phi) is 4.00. The van der Waals surface area contributed by atoms with E-state index in [0.717, 1.165) is 17.1 Å². The number of halogens is 1. The van der Waals surface area contributed by atoms with E-state index in [1.54, 1.807) is 0 Å². The van der Waals surface area contributed by atoms with Crippen LogP contribution in [0.2, 0.25) is 0 Å². The second-order valence-corrected chi connectivity index (χ2v) is 5.56. The lowest BCUT2D eigenvalue weighted by Gasteiger charge is -2.14. The Bertz CT molecular complexity index is 554. The SMILES string of the molecule is CC(C)c1c(N)ncnc1Nc1cccc(I)c1. The van der Waals surface area contributed by atoms with Crippen LogP contribution in [0.15, 0.2) is 30.6 Å². The maximum atomic E-state index is 5.91. The second kappa shape index (κ2) is 5.51. The first-order valence-corrected chi connectivity index (χ1v) is 6.78. The molecule has 0 aliphatic rings. The number of nitrogens with zero attached hydrogens (tertiary/aromatic N) is 2. The zero-order valence-corrected chi connectivity index (χ0v) is 12.5. The van der Waals surface area contributed by atoms with E-state index in [0.29, 0.717) is 5.82 Å². The minimum Gasteiger partial charge on any atom is -0.383 e. The van der Waals surface area contributed by atoms with Crippen LogP contribution in [0.1, 0.15) is 25.3 Å². The summed E-state index contributed by atoms with van der Waals surface area (Å²) in [7, 11) is 0. The molecule has 4 nitrogen and oxygen atoms in total. The van der Waals surface area contributed by atoms with Crippen molar-refractivity contribution in [1.82, 2.24) is 9.97 Å². The number of aromatic nitrogens is 2. The van der Waals surface area contributed by atoms with Crippen molar-refractivity contribution in [3.05, 3.63) is 39.7 Å². The number of rotatable bonds is 3. The molecule has 0 spiro atoms. The van der Waals surface area contributed by atoms with Crippen LogP contribution in [0.3, 0.4) is 0 Å². The first-order valence-electron chi connectivity index (χ1n) is 5.71. The first-order chi connectivity index (χ1) is 8.58. The predicted octanol–water partition coefficient (Wildman–Crippen LogP) is 3.53. The number of hydrogen-bond donors (Lipinski definition) is 2. The fourth-order valence-corrected chi connectivity index (χ4v) is 2.32. The molecule has 0 fully saturated rings. The molecule has 0 unspecified atom stereocenters. The minimum absolute atomic E-state index is 0.275. The number of nitrogens with one attached hydrogen (secondary N) is 1. The van der Waals surface area contributed by atoms with Crippen molar-refractivity contribution in [3.63, 3.8) is 0 Å². The van der Waals surface area contributed by atoms with E-state index >= 15 is 0 Å². The number of benzene rings is 1. The summed E-state index contributed by atoms with van der Waals surface area (Å²) in [6, 6.07) is 8.11. The van der Waals surface area contributed by atoms with Gasteiger partial charge in [0.15, 0.2) is 0 Å². The van der Waals surface area contributed by atoms with E-state index < -0.39 is 0 Å². The molecular weight excluding hydrogens is 339 g/mol. The van der Waals surface area contributed by atoms with E-state index in [4.69, 9.17) is 5.73 Å². The van der Waals surface area contributed by atoms with Crippen molar-refractivity contribution in [2.75, 3.05) is 11.1 Å². The average molecular weight is 354 g/mol. The third kappa shape index (κ3) is 2.90. The summed E-state index contributed by atoms with van der Waals surface area (Å²) in [5.41, 5.74) is 7.87. The van der Waals surface area contributed by atoms with E-state index in [-0.39, 0.29) is 5.92 Å². The fourth-order valence-electron chi connectivity index (χ4n) is 1.78. The van der Waals surface area contributed by atoms with Crippen molar-refractivity contribution < 1.29 is 0 Å². The Morgan fingerprint density at radius 3 is 2.72 bits per heavy atom. The zero-order valence-electron chi connectivity index (χ0n) is 10.3. The zero-order chi connectivity index (χ0) is 13.1. The van der Waals surface area contributed by atoms with Gasteiger partial charge in [-0.3, -0.25) is 0 Å². The van der Waals surface area contributed by atoms with E-state index in [9.17, 15) is 0 Å². The Hall–Kier alpha value is -1.37. The topological polar surface area (TPSA) is 63.8 Å². The number of hydrogen-bond acceptors (Lipinski definition) is 4. The van der Waals surface area contributed by atoms with Gasteiger partial charge in [-0.25, -0.2) is 9.97 Å². The highest BCUT2D eigenvalue weighted by atomic mass is 127. The number of nitrogen functional groups attached to an aromatic ring is 1. The van der Waals surface area contributed by atoms with Crippen LogP contribution in [-0.2, 0) is 0 Å². The molecule has 2 aromatic rings. The highest BCUT2D eigenvalue weighted by Gasteiger charge is 2.12. The van der Waals surface area contributed by atoms with E-state index in [1.165, 1.54) is 9.90 Å². The quantitative estimate of drug-likeness (QED) is 0.828. The summed E-state index contributed by atoms with van der Waals surface area (Å²) >= 11 is 2.28. The monoisotopic (exact) mass is 354 g/mol. The Labute approximate surface area is 120 Å². The molecule has 0 aliphatic heterocycles. The number of anilines is 3. The molecule has 0 saturated heterocycles. The molecule has 0 saturated carbocycles. The van der Waals surface area contributed by atoms with Crippen LogP contribution >= 0.6 is 22.6 Å². The van der Waals surface area contributed by atoms with Gasteiger partial charge in [0, 0.05) is 14.8 Å². The maximum Gasteiger partial charge on any atom is 0.139 e. The average Bonchev–Trinajstić information content (AvgIpc) is 2.28. The Morgan fingerprint density at radius 1 is 1.28 bits per heavy atom. The van der Waals surface area contributed by atoms with Gasteiger partial charge in [-0.1, -0.05) is 19.9 Å². The lowest BCUT2D eigenvalue weighted by molar-refractivity contribution is 0.855. The van der Waals surface area contributed by atoms with Gasteiger partial charge in [0.1, 0.15) is 18.0 Å². The van der Waals surface area contributed by atoms with Crippen molar-refractivity contribution in [1.29, 1.82) is 0 Å². The van der Waals surface area contributed by atoms with Crippen molar-refractivity contribution in [2.24, 2.45) is 0 Å². The minimum atomic E-state index is 0.275. The van der Waals surface area contributed by atoms with Gasteiger partial charge in [-0.2, -0.15) is 0 Å². The molecule has 0 aliphatic carbocycles. The molecule has 18 heavy (non-hydrogen) atoms. The molecule has 0 amide bonds. The van der Waals surface area contributed by atoms with E-state index in [2.05, 4.69) is 57.8 Å². The van der Waals surface area contributed by atoms with Crippen LogP contribution in [0.25, 0.3) is 0 Å². The maximum absolute atomic E-state index is 5.91. The summed E-state index contributed by atoms with van der Waals surface area (Å²) in [6.45, 7) is 4.16. The lowest BCUT2D eigenvalue weighted by atomic mass is 10.0. The predicted molar refractivity (Wildman–Crippen MR) is 83.0 cm³/mol. The van der Waals surface area contributed by atoms with Gasteiger partial charge in [-0.15, -0.1) is 0 Å². The van der Waals surface area contributed by atoms with Gasteiger partial charge >= 0.3 is 0 Å². The molecule has 2 rings (SSSR count). The molecule has 5 heteroatoms. The van der Waals surface area contributed by atoms with Crippen LogP contribution in [-0.4, -0.2) is 9.97 Å². The van der Waals surface area contributed by atoms with Crippen LogP contribution in [0.5, 0.6) is 0 Å². The molecular formula is C13H15IN4. The molecule has 1 aromatic carbocycles. The highest BCUT2D eigenvalue weighted by Crippen LogP contribution is 2.28. The molecule has 0 atom stereocenters. The van der Waals surface area contributed by atoms with Gasteiger partial charge in [0.2, 0.25) is 0 Å². The second-order valence-electron chi connectivity index (χ2n) is 4.31. The third-order valence-electron chi connectivity index (χ3n) is 2.58. The standard InChI is InChI=1S/C13H15IN4/c1-8(2)11-12(15)16-7-17-13(11)18-10-5-3-4-9(14)6-10/h3-8H,1-2H3,(H3,15,16,17,18). The van der Waals surface area contributed by atoms with Gasteiger partial charge in [0.05, 0.1) is 0 Å². The normalized spacial score (nSPS) is 10.7. The largest absolute Gasteiger partial charge is 0.383 e. The lowest BCUT2D eigenvalue weighted by Crippen LogP contribution is -2.06. The Morgan fingerprint density at radius 2 is 2.06 bits per heavy atom. The van der Waals surface area contributed by atoms with Crippen LogP contribution < -0.4 is 11.1 Å². The Balaban J connectivity index is 2.37. The van der Waals surface area contributed by atoms with Gasteiger partial charge < -0.3 is 11.1 Å². The summed E-state index contributed by atoms with van der Waals surface area (Å²) in [6.07, 6.45) is 1.48.